The van der Waals surface area contributed by atoms with Gasteiger partial charge in [0.25, 0.3) is 0 Å². The van der Waals surface area contributed by atoms with Crippen molar-refractivity contribution in [2.45, 2.75) is 6.92 Å². The van der Waals surface area contributed by atoms with E-state index in [1.54, 1.807) is 12.1 Å². The predicted molar refractivity (Wildman–Crippen MR) is 112 cm³/mol. The summed E-state index contributed by atoms with van der Waals surface area (Å²) in [6, 6.07) is 24.1. The smallest absolute Gasteiger partial charge is 0.203 e. The first-order chi connectivity index (χ1) is 13.2. The number of nitrogens with one attached hydrogen (secondary N) is 1. The second kappa shape index (κ2) is 7.40. The first kappa shape index (κ1) is 17.0. The molecule has 4 aromatic rings. The fourth-order valence-corrected chi connectivity index (χ4v) is 3.45. The maximum atomic E-state index is 8.89. The molecule has 0 saturated carbocycles. The Morgan fingerprint density at radius 1 is 1.04 bits per heavy atom. The lowest BCUT2D eigenvalue weighted by molar-refractivity contribution is 1.27. The number of fused-ring (bicyclic) bond motifs is 1. The fourth-order valence-electron chi connectivity index (χ4n) is 2.78. The largest absolute Gasteiger partial charge is 0.252 e. The molecule has 0 unspecified atom stereocenters. The van der Waals surface area contributed by atoms with Gasteiger partial charge in [0.1, 0.15) is 0 Å². The van der Waals surface area contributed by atoms with Gasteiger partial charge in [-0.05, 0) is 41.5 Å². The summed E-state index contributed by atoms with van der Waals surface area (Å²) in [6.07, 6.45) is 0. The van der Waals surface area contributed by atoms with Crippen LogP contribution in [-0.4, -0.2) is 10.7 Å². The molecule has 0 saturated heterocycles. The molecule has 1 aromatic heterocycles. The van der Waals surface area contributed by atoms with E-state index in [4.69, 9.17) is 5.26 Å². The van der Waals surface area contributed by atoms with E-state index in [1.165, 1.54) is 22.1 Å². The van der Waals surface area contributed by atoms with Crippen molar-refractivity contribution in [3.8, 4) is 17.3 Å². The van der Waals surface area contributed by atoms with Crippen LogP contribution in [0.25, 0.3) is 22.0 Å². The Kier molecular flexibility index (Phi) is 4.65. The summed E-state index contributed by atoms with van der Waals surface area (Å²) in [5.74, 6) is 0. The molecule has 5 heteroatoms. The molecule has 4 rings (SSSR count). The molecule has 0 fully saturated rings. The van der Waals surface area contributed by atoms with Crippen LogP contribution in [-0.2, 0) is 0 Å². The molecule has 1 N–H and O–H groups in total. The Balaban J connectivity index is 1.51. The van der Waals surface area contributed by atoms with Gasteiger partial charge < -0.3 is 0 Å². The third-order valence-electron chi connectivity index (χ3n) is 4.30. The van der Waals surface area contributed by atoms with E-state index < -0.39 is 0 Å². The normalized spacial score (nSPS) is 11.3. The van der Waals surface area contributed by atoms with Crippen molar-refractivity contribution in [1.29, 1.82) is 5.26 Å². The van der Waals surface area contributed by atoms with Crippen LogP contribution in [0.5, 0.6) is 0 Å². The fraction of sp³-hybridized carbons (Fsp3) is 0.0455. The number of anilines is 1. The summed E-state index contributed by atoms with van der Waals surface area (Å²) in [4.78, 5) is 4.57. The molecule has 1 heterocycles. The topological polar surface area (TPSA) is 61.1 Å². The Hall–Kier alpha value is -3.49. The number of aromatic nitrogens is 1. The van der Waals surface area contributed by atoms with Crippen LogP contribution in [0.1, 0.15) is 18.1 Å². The minimum Gasteiger partial charge on any atom is -0.252 e. The quantitative estimate of drug-likeness (QED) is 0.373. The number of thiazole rings is 1. The zero-order chi connectivity index (χ0) is 18.6. The van der Waals surface area contributed by atoms with Gasteiger partial charge in [-0.15, -0.1) is 11.3 Å². The van der Waals surface area contributed by atoms with E-state index in [1.807, 2.05) is 36.6 Å². The second-order valence-electron chi connectivity index (χ2n) is 6.10. The Labute approximate surface area is 161 Å². The van der Waals surface area contributed by atoms with Gasteiger partial charge in [0.2, 0.25) is 5.13 Å². The zero-order valence-electron chi connectivity index (χ0n) is 14.7. The number of hydrazone groups is 1. The molecule has 0 amide bonds. The van der Waals surface area contributed by atoms with Gasteiger partial charge in [0.05, 0.1) is 23.0 Å². The van der Waals surface area contributed by atoms with Crippen LogP contribution < -0.4 is 5.43 Å². The Bertz CT molecular complexity index is 1170. The first-order valence-electron chi connectivity index (χ1n) is 8.48. The van der Waals surface area contributed by atoms with Crippen LogP contribution in [0.2, 0.25) is 0 Å². The van der Waals surface area contributed by atoms with Gasteiger partial charge in [-0.25, -0.2) is 4.98 Å². The summed E-state index contributed by atoms with van der Waals surface area (Å²) in [5.41, 5.74) is 7.51. The molecule has 0 spiro atoms. The van der Waals surface area contributed by atoms with Gasteiger partial charge in [-0.2, -0.15) is 10.4 Å². The predicted octanol–water partition coefficient (Wildman–Crippen LogP) is 5.67. The zero-order valence-corrected chi connectivity index (χ0v) is 15.5. The molecular formula is C22H16N4S. The number of rotatable bonds is 4. The van der Waals surface area contributed by atoms with E-state index in [-0.39, 0.29) is 0 Å². The Morgan fingerprint density at radius 2 is 1.81 bits per heavy atom. The van der Waals surface area contributed by atoms with Gasteiger partial charge in [-0.3, -0.25) is 5.43 Å². The molecule has 0 aliphatic carbocycles. The van der Waals surface area contributed by atoms with Gasteiger partial charge >= 0.3 is 0 Å². The van der Waals surface area contributed by atoms with Crippen LogP contribution in [0.15, 0.2) is 77.2 Å². The molecule has 0 aliphatic heterocycles. The third-order valence-corrected chi connectivity index (χ3v) is 5.05. The van der Waals surface area contributed by atoms with Crippen molar-refractivity contribution >= 4 is 33.0 Å². The molecular weight excluding hydrogens is 352 g/mol. The molecule has 0 aliphatic rings. The van der Waals surface area contributed by atoms with Crippen molar-refractivity contribution < 1.29 is 0 Å². The van der Waals surface area contributed by atoms with Crippen molar-refractivity contribution in [1.82, 2.24) is 4.98 Å². The van der Waals surface area contributed by atoms with Crippen molar-refractivity contribution in [3.05, 3.63) is 83.2 Å². The number of nitriles is 1. The van der Waals surface area contributed by atoms with Crippen molar-refractivity contribution in [2.75, 3.05) is 5.43 Å². The highest BCUT2D eigenvalue weighted by Gasteiger charge is 2.05. The van der Waals surface area contributed by atoms with E-state index in [0.29, 0.717) is 5.56 Å². The minimum atomic E-state index is 0.642. The highest BCUT2D eigenvalue weighted by atomic mass is 32.1. The maximum Gasteiger partial charge on any atom is 0.203 e. The van der Waals surface area contributed by atoms with Crippen LogP contribution in [0.3, 0.4) is 0 Å². The summed E-state index contributed by atoms with van der Waals surface area (Å²) < 4.78 is 0. The highest BCUT2D eigenvalue weighted by molar-refractivity contribution is 7.14. The second-order valence-corrected chi connectivity index (χ2v) is 6.96. The summed E-state index contributed by atoms with van der Waals surface area (Å²) >= 11 is 1.50. The standard InChI is InChI=1S/C22H16N4S/c1-15(19-11-10-17-4-2-3-5-20(17)12-19)25-26-22-24-21(14-27-22)18-8-6-16(13-23)7-9-18/h2-12,14H,1H3,(H,24,26)/b25-15-. The summed E-state index contributed by atoms with van der Waals surface area (Å²) in [7, 11) is 0. The van der Waals surface area contributed by atoms with Gasteiger partial charge in [-0.1, -0.05) is 48.5 Å². The average molecular weight is 368 g/mol. The van der Waals surface area contributed by atoms with Crippen LogP contribution >= 0.6 is 11.3 Å². The first-order valence-corrected chi connectivity index (χ1v) is 9.36. The molecule has 0 atom stereocenters. The van der Waals surface area contributed by atoms with E-state index >= 15 is 0 Å². The summed E-state index contributed by atoms with van der Waals surface area (Å²) in [6.45, 7) is 1.98. The van der Waals surface area contributed by atoms with Crippen LogP contribution in [0.4, 0.5) is 5.13 Å². The van der Waals surface area contributed by atoms with Gasteiger partial charge in [0.15, 0.2) is 0 Å². The number of hydrogen-bond donors (Lipinski definition) is 1. The number of nitrogens with zero attached hydrogens (tertiary/aromatic N) is 3. The number of benzene rings is 3. The van der Waals surface area contributed by atoms with E-state index in [9.17, 15) is 0 Å². The SMILES string of the molecule is C/C(=N/Nc1nc(-c2ccc(C#N)cc2)cs1)c1ccc2ccccc2c1. The third kappa shape index (κ3) is 3.71. The molecule has 4 nitrogen and oxygen atoms in total. The minimum absolute atomic E-state index is 0.642. The molecule has 0 radical (unpaired) electrons. The highest BCUT2D eigenvalue weighted by Crippen LogP contribution is 2.25. The lowest BCUT2D eigenvalue weighted by atomic mass is 10.0. The monoisotopic (exact) mass is 368 g/mol. The average Bonchev–Trinajstić information content (AvgIpc) is 3.21. The van der Waals surface area contributed by atoms with E-state index in [0.717, 1.165) is 27.7 Å². The van der Waals surface area contributed by atoms with E-state index in [2.05, 4.69) is 51.9 Å². The molecule has 27 heavy (non-hydrogen) atoms. The molecule has 0 bridgehead atoms. The van der Waals surface area contributed by atoms with Crippen molar-refractivity contribution in [3.63, 3.8) is 0 Å². The Morgan fingerprint density at radius 3 is 2.59 bits per heavy atom. The van der Waals surface area contributed by atoms with Crippen LogP contribution in [0, 0.1) is 11.3 Å². The molecule has 3 aromatic carbocycles. The van der Waals surface area contributed by atoms with Gasteiger partial charge in [0, 0.05) is 10.9 Å². The summed E-state index contributed by atoms with van der Waals surface area (Å²) in [5, 5.41) is 18.5. The lowest BCUT2D eigenvalue weighted by Gasteiger charge is -2.04. The number of hydrogen-bond acceptors (Lipinski definition) is 5. The molecule has 130 valence electrons. The lowest BCUT2D eigenvalue weighted by Crippen LogP contribution is -1.99. The van der Waals surface area contributed by atoms with Crippen molar-refractivity contribution in [2.24, 2.45) is 5.10 Å². The maximum absolute atomic E-state index is 8.89.